The average molecular weight is 180 g/mol. The monoisotopic (exact) mass is 180 g/mol. The number of anilines is 1. The minimum atomic E-state index is 0.443. The highest BCUT2D eigenvalue weighted by molar-refractivity contribution is 5.49. The van der Waals surface area contributed by atoms with Crippen molar-refractivity contribution in [2.75, 3.05) is 12.8 Å². The smallest absolute Gasteiger partial charge is 0.127 e. The van der Waals surface area contributed by atoms with Crippen molar-refractivity contribution in [2.24, 2.45) is 0 Å². The maximum absolute atomic E-state index is 5.47. The van der Waals surface area contributed by atoms with E-state index in [1.165, 1.54) is 6.33 Å². The van der Waals surface area contributed by atoms with Gasteiger partial charge < -0.3 is 10.6 Å². The highest BCUT2D eigenvalue weighted by atomic mass is 16.6. The van der Waals surface area contributed by atoms with E-state index in [9.17, 15) is 0 Å². The van der Waals surface area contributed by atoms with Gasteiger partial charge in [-0.05, 0) is 6.92 Å². The minimum absolute atomic E-state index is 0.443. The second kappa shape index (κ2) is 4.42. The molecule has 1 aromatic rings. The Morgan fingerprint density at radius 1 is 1.62 bits per heavy atom. The predicted octanol–water partition coefficient (Wildman–Crippen LogP) is 0.571. The molecule has 3 N–H and O–H groups in total. The molecule has 0 radical (unpaired) electrons. The SMILES string of the molecule is CNO/C(C)=C/c1cc(N)ncn1. The molecule has 0 fully saturated rings. The zero-order valence-corrected chi connectivity index (χ0v) is 7.61. The van der Waals surface area contributed by atoms with Gasteiger partial charge >= 0.3 is 0 Å². The molecule has 0 amide bonds. The van der Waals surface area contributed by atoms with E-state index in [1.807, 2.05) is 6.92 Å². The fourth-order valence-corrected chi connectivity index (χ4v) is 0.866. The van der Waals surface area contributed by atoms with Gasteiger partial charge in [-0.2, -0.15) is 5.48 Å². The van der Waals surface area contributed by atoms with Crippen LogP contribution in [-0.4, -0.2) is 17.0 Å². The lowest BCUT2D eigenvalue weighted by molar-refractivity contribution is 0.131. The quantitative estimate of drug-likeness (QED) is 0.525. The van der Waals surface area contributed by atoms with Crippen LogP contribution in [0.4, 0.5) is 5.82 Å². The van der Waals surface area contributed by atoms with Crippen LogP contribution in [0.2, 0.25) is 0 Å². The zero-order valence-electron chi connectivity index (χ0n) is 7.61. The molecule has 0 atom stereocenters. The van der Waals surface area contributed by atoms with Gasteiger partial charge in [0.25, 0.3) is 0 Å². The van der Waals surface area contributed by atoms with Crippen molar-refractivity contribution in [3.05, 3.63) is 23.8 Å². The molecule has 0 aliphatic heterocycles. The maximum atomic E-state index is 5.47. The molecule has 1 rings (SSSR count). The molecule has 0 aliphatic rings. The highest BCUT2D eigenvalue weighted by Crippen LogP contribution is 2.05. The molecule has 0 saturated heterocycles. The Morgan fingerprint density at radius 3 is 3.00 bits per heavy atom. The summed E-state index contributed by atoms with van der Waals surface area (Å²) >= 11 is 0. The van der Waals surface area contributed by atoms with Crippen molar-refractivity contribution in [1.82, 2.24) is 15.4 Å². The molecule has 0 aromatic carbocycles. The predicted molar refractivity (Wildman–Crippen MR) is 50.2 cm³/mol. The molecule has 5 nitrogen and oxygen atoms in total. The van der Waals surface area contributed by atoms with Crippen molar-refractivity contribution in [3.8, 4) is 0 Å². The van der Waals surface area contributed by atoms with E-state index >= 15 is 0 Å². The van der Waals surface area contributed by atoms with E-state index in [0.29, 0.717) is 11.6 Å². The lowest BCUT2D eigenvalue weighted by atomic mass is 10.3. The summed E-state index contributed by atoms with van der Waals surface area (Å²) in [7, 11) is 1.69. The summed E-state index contributed by atoms with van der Waals surface area (Å²) in [6.45, 7) is 1.81. The molecule has 5 heteroatoms. The Kier molecular flexibility index (Phi) is 3.22. The Labute approximate surface area is 76.6 Å². The first-order valence-electron chi connectivity index (χ1n) is 3.82. The van der Waals surface area contributed by atoms with E-state index in [0.717, 1.165) is 5.69 Å². The number of nitrogens with one attached hydrogen (secondary N) is 1. The Morgan fingerprint density at radius 2 is 2.38 bits per heavy atom. The molecule has 13 heavy (non-hydrogen) atoms. The lowest BCUT2D eigenvalue weighted by Crippen LogP contribution is -2.04. The highest BCUT2D eigenvalue weighted by Gasteiger charge is 1.93. The number of aromatic nitrogens is 2. The number of hydrogen-bond acceptors (Lipinski definition) is 5. The molecule has 0 bridgehead atoms. The van der Waals surface area contributed by atoms with Crippen LogP contribution in [0.5, 0.6) is 0 Å². The van der Waals surface area contributed by atoms with Gasteiger partial charge in [-0.3, -0.25) is 0 Å². The van der Waals surface area contributed by atoms with Crippen molar-refractivity contribution >= 4 is 11.9 Å². The van der Waals surface area contributed by atoms with Crippen molar-refractivity contribution in [3.63, 3.8) is 0 Å². The molecular weight excluding hydrogens is 168 g/mol. The fourth-order valence-electron chi connectivity index (χ4n) is 0.866. The van der Waals surface area contributed by atoms with Crippen LogP contribution in [0, 0.1) is 0 Å². The zero-order chi connectivity index (χ0) is 9.68. The number of nitrogens with zero attached hydrogens (tertiary/aromatic N) is 2. The minimum Gasteiger partial charge on any atom is -0.414 e. The van der Waals surface area contributed by atoms with Gasteiger partial charge in [0.15, 0.2) is 0 Å². The summed E-state index contributed by atoms with van der Waals surface area (Å²) in [4.78, 5) is 12.8. The first-order chi connectivity index (χ1) is 6.22. The van der Waals surface area contributed by atoms with Gasteiger partial charge in [0, 0.05) is 19.2 Å². The maximum Gasteiger partial charge on any atom is 0.127 e. The molecule has 1 aromatic heterocycles. The number of hydroxylamine groups is 1. The second-order valence-corrected chi connectivity index (χ2v) is 2.43. The summed E-state index contributed by atoms with van der Waals surface area (Å²) < 4.78 is 0. The third-order valence-electron chi connectivity index (χ3n) is 1.32. The molecule has 0 aliphatic carbocycles. The number of hydrogen-bond donors (Lipinski definition) is 2. The number of nitrogens with two attached hydrogens (primary N) is 1. The van der Waals surface area contributed by atoms with Crippen molar-refractivity contribution < 1.29 is 4.84 Å². The van der Waals surface area contributed by atoms with Crippen LogP contribution in [0.25, 0.3) is 6.08 Å². The van der Waals surface area contributed by atoms with Crippen LogP contribution in [-0.2, 0) is 4.84 Å². The lowest BCUT2D eigenvalue weighted by Gasteiger charge is -2.01. The van der Waals surface area contributed by atoms with Crippen LogP contribution >= 0.6 is 0 Å². The standard InChI is InChI=1S/C8H12N4O/c1-6(13-10-2)3-7-4-8(9)12-5-11-7/h3-5,10H,1-2H3,(H2,9,11,12)/b6-3+. The van der Waals surface area contributed by atoms with Gasteiger partial charge in [0.05, 0.1) is 5.69 Å². The van der Waals surface area contributed by atoms with E-state index < -0.39 is 0 Å². The third-order valence-corrected chi connectivity index (χ3v) is 1.32. The summed E-state index contributed by atoms with van der Waals surface area (Å²) in [6, 6.07) is 1.67. The van der Waals surface area contributed by atoms with Crippen molar-refractivity contribution in [2.45, 2.75) is 6.92 Å². The Bertz CT molecular complexity index is 311. The van der Waals surface area contributed by atoms with E-state index in [1.54, 1.807) is 19.2 Å². The molecule has 70 valence electrons. The first-order valence-corrected chi connectivity index (χ1v) is 3.82. The van der Waals surface area contributed by atoms with E-state index in [2.05, 4.69) is 15.4 Å². The first kappa shape index (κ1) is 9.47. The van der Waals surface area contributed by atoms with Crippen LogP contribution in [0.1, 0.15) is 12.6 Å². The fraction of sp³-hybridized carbons (Fsp3) is 0.250. The number of rotatable bonds is 3. The normalized spacial score (nSPS) is 11.4. The van der Waals surface area contributed by atoms with Gasteiger partial charge in [-0.1, -0.05) is 0 Å². The average Bonchev–Trinajstić information content (AvgIpc) is 2.04. The molecule has 0 saturated carbocycles. The molecule has 1 heterocycles. The van der Waals surface area contributed by atoms with Crippen LogP contribution in [0.3, 0.4) is 0 Å². The molecular formula is C8H12N4O. The molecule has 0 spiro atoms. The van der Waals surface area contributed by atoms with Crippen molar-refractivity contribution in [1.29, 1.82) is 0 Å². The largest absolute Gasteiger partial charge is 0.414 e. The third kappa shape index (κ3) is 3.08. The van der Waals surface area contributed by atoms with Crippen LogP contribution < -0.4 is 11.2 Å². The summed E-state index contributed by atoms with van der Waals surface area (Å²) in [5.41, 5.74) is 8.75. The van der Waals surface area contributed by atoms with E-state index in [-0.39, 0.29) is 0 Å². The topological polar surface area (TPSA) is 73.1 Å². The van der Waals surface area contributed by atoms with Gasteiger partial charge in [0.2, 0.25) is 0 Å². The van der Waals surface area contributed by atoms with E-state index in [4.69, 9.17) is 10.6 Å². The van der Waals surface area contributed by atoms with Gasteiger partial charge in [0.1, 0.15) is 17.9 Å². The Hall–Kier alpha value is -1.62. The van der Waals surface area contributed by atoms with Gasteiger partial charge in [-0.25, -0.2) is 9.97 Å². The summed E-state index contributed by atoms with van der Waals surface area (Å²) in [6.07, 6.45) is 3.17. The summed E-state index contributed by atoms with van der Waals surface area (Å²) in [5.74, 6) is 1.15. The van der Waals surface area contributed by atoms with Gasteiger partial charge in [-0.15, -0.1) is 0 Å². The summed E-state index contributed by atoms with van der Waals surface area (Å²) in [5, 5.41) is 0. The number of allylic oxidation sites excluding steroid dienone is 1. The second-order valence-electron chi connectivity index (χ2n) is 2.43. The molecule has 0 unspecified atom stereocenters. The number of nitrogen functional groups attached to an aromatic ring is 1. The Balaban J connectivity index is 2.78. The van der Waals surface area contributed by atoms with Crippen LogP contribution in [0.15, 0.2) is 18.2 Å².